The van der Waals surface area contributed by atoms with Gasteiger partial charge in [0, 0.05) is 29.7 Å². The largest absolute Gasteiger partial charge is 0.497 e. The third kappa shape index (κ3) is 4.07. The second-order valence-electron chi connectivity index (χ2n) is 7.11. The second-order valence-corrected chi connectivity index (χ2v) is 7.11. The first-order valence-corrected chi connectivity index (χ1v) is 9.38. The highest BCUT2D eigenvalue weighted by Gasteiger charge is 2.22. The van der Waals surface area contributed by atoms with Crippen molar-refractivity contribution in [3.05, 3.63) is 56.0 Å². The van der Waals surface area contributed by atoms with Gasteiger partial charge in [-0.3, -0.25) is 9.59 Å². The topological polar surface area (TPSA) is 60.3 Å². The van der Waals surface area contributed by atoms with Crippen molar-refractivity contribution in [3.8, 4) is 5.75 Å². The molecular formula is C22H30N2O3. The third-order valence-corrected chi connectivity index (χ3v) is 5.28. The van der Waals surface area contributed by atoms with Crippen LogP contribution in [0.25, 0.3) is 0 Å². The number of hydrogen-bond donors (Lipinski definition) is 1. The van der Waals surface area contributed by atoms with Gasteiger partial charge in [0.1, 0.15) is 11.3 Å². The van der Waals surface area contributed by atoms with Crippen LogP contribution in [-0.2, 0) is 13.5 Å². The van der Waals surface area contributed by atoms with Crippen molar-refractivity contribution in [2.75, 3.05) is 12.4 Å². The van der Waals surface area contributed by atoms with E-state index in [0.717, 1.165) is 46.8 Å². The normalized spacial score (nSPS) is 10.8. The van der Waals surface area contributed by atoms with E-state index >= 15 is 0 Å². The van der Waals surface area contributed by atoms with Crippen molar-refractivity contribution in [2.45, 2.75) is 53.9 Å². The van der Waals surface area contributed by atoms with Gasteiger partial charge in [-0.1, -0.05) is 13.3 Å². The molecule has 0 radical (unpaired) electrons. The number of carbonyl (C=O) groups excluding carboxylic acids is 1. The SMILES string of the molecule is CCCCc1c(C(=O)Nc2c(C)cc(OC)cc2C)c(=O)c(C)c(C)n1C. The number of hydrogen-bond acceptors (Lipinski definition) is 3. The zero-order chi connectivity index (χ0) is 20.3. The Morgan fingerprint density at radius 2 is 1.74 bits per heavy atom. The van der Waals surface area contributed by atoms with Crippen LogP contribution in [0.4, 0.5) is 5.69 Å². The lowest BCUT2D eigenvalue weighted by Crippen LogP contribution is -2.30. The molecule has 0 fully saturated rings. The van der Waals surface area contributed by atoms with Gasteiger partial charge in [-0.25, -0.2) is 0 Å². The highest BCUT2D eigenvalue weighted by molar-refractivity contribution is 6.06. The van der Waals surface area contributed by atoms with E-state index in [1.54, 1.807) is 14.0 Å². The van der Waals surface area contributed by atoms with Gasteiger partial charge in [-0.2, -0.15) is 0 Å². The molecule has 0 saturated heterocycles. The first-order valence-electron chi connectivity index (χ1n) is 9.38. The number of aromatic nitrogens is 1. The number of carbonyl (C=O) groups is 1. The molecule has 1 amide bonds. The number of anilines is 1. The number of unbranched alkanes of at least 4 members (excludes halogenated alkanes) is 1. The average Bonchev–Trinajstić information content (AvgIpc) is 2.64. The van der Waals surface area contributed by atoms with Gasteiger partial charge in [0.2, 0.25) is 0 Å². The maximum atomic E-state index is 13.1. The minimum Gasteiger partial charge on any atom is -0.497 e. The first-order chi connectivity index (χ1) is 12.7. The molecule has 0 saturated carbocycles. The van der Waals surface area contributed by atoms with E-state index in [1.807, 2.05) is 44.5 Å². The molecule has 0 spiro atoms. The number of ether oxygens (including phenoxy) is 1. The Bertz CT molecular complexity index is 903. The molecule has 146 valence electrons. The summed E-state index contributed by atoms with van der Waals surface area (Å²) in [5.74, 6) is 0.398. The predicted molar refractivity (Wildman–Crippen MR) is 110 cm³/mol. The summed E-state index contributed by atoms with van der Waals surface area (Å²) in [6.45, 7) is 9.64. The van der Waals surface area contributed by atoms with E-state index in [0.29, 0.717) is 12.0 Å². The highest BCUT2D eigenvalue weighted by Crippen LogP contribution is 2.27. The number of aryl methyl sites for hydroxylation is 2. The molecule has 1 N–H and O–H groups in total. The Balaban J connectivity index is 2.55. The van der Waals surface area contributed by atoms with Crippen molar-refractivity contribution < 1.29 is 9.53 Å². The molecule has 27 heavy (non-hydrogen) atoms. The highest BCUT2D eigenvalue weighted by atomic mass is 16.5. The van der Waals surface area contributed by atoms with Gasteiger partial charge >= 0.3 is 0 Å². The van der Waals surface area contributed by atoms with Crippen LogP contribution in [0.15, 0.2) is 16.9 Å². The lowest BCUT2D eigenvalue weighted by molar-refractivity contribution is 0.102. The zero-order valence-electron chi connectivity index (χ0n) is 17.4. The predicted octanol–water partition coefficient (Wildman–Crippen LogP) is 4.22. The number of rotatable bonds is 6. The van der Waals surface area contributed by atoms with Crippen molar-refractivity contribution >= 4 is 11.6 Å². The van der Waals surface area contributed by atoms with Crippen LogP contribution in [0.1, 0.15) is 58.2 Å². The summed E-state index contributed by atoms with van der Waals surface area (Å²) in [4.78, 5) is 26.1. The van der Waals surface area contributed by atoms with E-state index in [2.05, 4.69) is 12.2 Å². The fourth-order valence-corrected chi connectivity index (χ4v) is 3.39. The van der Waals surface area contributed by atoms with Crippen LogP contribution in [0.3, 0.4) is 0 Å². The number of benzene rings is 1. The fourth-order valence-electron chi connectivity index (χ4n) is 3.39. The molecule has 0 atom stereocenters. The van der Waals surface area contributed by atoms with Gasteiger partial charge < -0.3 is 14.6 Å². The molecule has 0 aliphatic carbocycles. The molecule has 2 rings (SSSR count). The Labute approximate surface area is 161 Å². The monoisotopic (exact) mass is 370 g/mol. The standard InChI is InChI=1S/C22H30N2O3/c1-8-9-10-18-19(21(25)15(4)16(5)24(18)6)22(26)23-20-13(2)11-17(27-7)12-14(20)3/h11-12H,8-10H2,1-7H3,(H,23,26). The molecule has 0 aliphatic heterocycles. The van der Waals surface area contributed by atoms with Gasteiger partial charge in [-0.15, -0.1) is 0 Å². The minimum atomic E-state index is -0.346. The van der Waals surface area contributed by atoms with E-state index in [1.165, 1.54) is 0 Å². The van der Waals surface area contributed by atoms with Crippen LogP contribution < -0.4 is 15.5 Å². The van der Waals surface area contributed by atoms with Crippen molar-refractivity contribution in [1.82, 2.24) is 4.57 Å². The fraction of sp³-hybridized carbons (Fsp3) is 0.455. The van der Waals surface area contributed by atoms with Crippen LogP contribution in [0, 0.1) is 27.7 Å². The maximum Gasteiger partial charge on any atom is 0.261 e. The Hall–Kier alpha value is -2.56. The summed E-state index contributed by atoms with van der Waals surface area (Å²) >= 11 is 0. The smallest absolute Gasteiger partial charge is 0.261 e. The summed E-state index contributed by atoms with van der Waals surface area (Å²) in [6, 6.07) is 3.75. The molecule has 1 aromatic carbocycles. The zero-order valence-corrected chi connectivity index (χ0v) is 17.4. The molecule has 5 nitrogen and oxygen atoms in total. The van der Waals surface area contributed by atoms with Gasteiger partial charge in [0.15, 0.2) is 5.43 Å². The lowest BCUT2D eigenvalue weighted by atomic mass is 10.0. The lowest BCUT2D eigenvalue weighted by Gasteiger charge is -2.19. The molecule has 1 aromatic heterocycles. The van der Waals surface area contributed by atoms with Crippen LogP contribution in [0.5, 0.6) is 5.75 Å². The van der Waals surface area contributed by atoms with Crippen LogP contribution in [0.2, 0.25) is 0 Å². The van der Waals surface area contributed by atoms with E-state index in [9.17, 15) is 9.59 Å². The van der Waals surface area contributed by atoms with Gasteiger partial charge in [0.25, 0.3) is 5.91 Å². The molecule has 0 aliphatic rings. The van der Waals surface area contributed by atoms with Crippen LogP contribution in [-0.4, -0.2) is 17.6 Å². The molecular weight excluding hydrogens is 340 g/mol. The summed E-state index contributed by atoms with van der Waals surface area (Å²) in [6.07, 6.45) is 2.63. The first kappa shape index (κ1) is 20.7. The van der Waals surface area contributed by atoms with Crippen molar-refractivity contribution in [3.63, 3.8) is 0 Å². The third-order valence-electron chi connectivity index (χ3n) is 5.28. The quantitative estimate of drug-likeness (QED) is 0.828. The Kier molecular flexibility index (Phi) is 6.47. The number of nitrogens with one attached hydrogen (secondary N) is 1. The van der Waals surface area contributed by atoms with Crippen molar-refractivity contribution in [1.29, 1.82) is 0 Å². The maximum absolute atomic E-state index is 13.1. The van der Waals surface area contributed by atoms with Crippen molar-refractivity contribution in [2.24, 2.45) is 7.05 Å². The molecule has 2 aromatic rings. The minimum absolute atomic E-state index is 0.182. The van der Waals surface area contributed by atoms with E-state index in [4.69, 9.17) is 4.74 Å². The van der Waals surface area contributed by atoms with Crippen LogP contribution >= 0.6 is 0 Å². The van der Waals surface area contributed by atoms with Gasteiger partial charge in [-0.05, 0) is 63.8 Å². The number of pyridine rings is 1. The summed E-state index contributed by atoms with van der Waals surface area (Å²) in [5.41, 5.74) is 4.91. The second kappa shape index (κ2) is 8.42. The molecule has 1 heterocycles. The number of amides is 1. The molecule has 0 unspecified atom stereocenters. The Morgan fingerprint density at radius 1 is 1.15 bits per heavy atom. The summed E-state index contributed by atoms with van der Waals surface area (Å²) in [5, 5.41) is 2.97. The number of nitrogens with zero attached hydrogens (tertiary/aromatic N) is 1. The summed E-state index contributed by atoms with van der Waals surface area (Å²) < 4.78 is 7.26. The van der Waals surface area contributed by atoms with Gasteiger partial charge in [0.05, 0.1) is 7.11 Å². The van der Waals surface area contributed by atoms with E-state index in [-0.39, 0.29) is 16.9 Å². The molecule has 0 bridgehead atoms. The Morgan fingerprint density at radius 3 is 2.26 bits per heavy atom. The summed E-state index contributed by atoms with van der Waals surface area (Å²) in [7, 11) is 3.54. The molecule has 5 heteroatoms. The van der Waals surface area contributed by atoms with E-state index < -0.39 is 0 Å². The average molecular weight is 370 g/mol. The number of methoxy groups -OCH3 is 1.